The van der Waals surface area contributed by atoms with Crippen LogP contribution in [0.3, 0.4) is 0 Å². The highest BCUT2D eigenvalue weighted by atomic mass is 32.1. The van der Waals surface area contributed by atoms with Crippen LogP contribution in [0.25, 0.3) is 0 Å². The Labute approximate surface area is 166 Å². The van der Waals surface area contributed by atoms with Crippen LogP contribution in [0, 0.1) is 0 Å². The molecule has 2 aromatic carbocycles. The van der Waals surface area contributed by atoms with Gasteiger partial charge in [0, 0.05) is 43.3 Å². The van der Waals surface area contributed by atoms with Gasteiger partial charge in [-0.15, -0.1) is 12.6 Å². The van der Waals surface area contributed by atoms with E-state index in [-0.39, 0.29) is 11.8 Å². The van der Waals surface area contributed by atoms with Crippen LogP contribution in [0.2, 0.25) is 0 Å². The van der Waals surface area contributed by atoms with E-state index in [2.05, 4.69) is 23.3 Å². The van der Waals surface area contributed by atoms with Crippen LogP contribution in [0.15, 0.2) is 53.4 Å². The number of benzene rings is 2. The van der Waals surface area contributed by atoms with Crippen molar-refractivity contribution in [2.75, 3.05) is 30.9 Å². The molecule has 0 heterocycles. The summed E-state index contributed by atoms with van der Waals surface area (Å²) in [4.78, 5) is 26.7. The average molecular weight is 386 g/mol. The highest BCUT2D eigenvalue weighted by molar-refractivity contribution is 7.80. The van der Waals surface area contributed by atoms with Crippen molar-refractivity contribution >= 4 is 35.8 Å². The van der Waals surface area contributed by atoms with Gasteiger partial charge in [-0.05, 0) is 49.2 Å². The second kappa shape index (κ2) is 10.6. The lowest BCUT2D eigenvalue weighted by atomic mass is 10.1. The van der Waals surface area contributed by atoms with Crippen molar-refractivity contribution in [1.82, 2.24) is 5.32 Å². The summed E-state index contributed by atoms with van der Waals surface area (Å²) < 4.78 is 0. The first kappa shape index (κ1) is 20.8. The van der Waals surface area contributed by atoms with Gasteiger partial charge in [0.2, 0.25) is 5.91 Å². The Kier molecular flexibility index (Phi) is 8.20. The molecule has 0 atom stereocenters. The molecule has 0 saturated heterocycles. The van der Waals surface area contributed by atoms with E-state index in [1.807, 2.05) is 55.4 Å². The molecule has 27 heavy (non-hydrogen) atoms. The number of nitrogens with one attached hydrogen (secondary N) is 2. The van der Waals surface area contributed by atoms with E-state index in [1.165, 1.54) is 0 Å². The Hall–Kier alpha value is -2.47. The lowest BCUT2D eigenvalue weighted by molar-refractivity contribution is -0.116. The summed E-state index contributed by atoms with van der Waals surface area (Å²) in [6.45, 7) is 0.592. The molecule has 2 N–H and O–H groups in total. The number of carbonyl (C=O) groups is 2. The highest BCUT2D eigenvalue weighted by Crippen LogP contribution is 2.16. The molecule has 0 radical (unpaired) electrons. The van der Waals surface area contributed by atoms with Crippen LogP contribution >= 0.6 is 12.6 Å². The van der Waals surface area contributed by atoms with Gasteiger partial charge in [-0.2, -0.15) is 0 Å². The zero-order valence-corrected chi connectivity index (χ0v) is 16.8. The van der Waals surface area contributed by atoms with Crippen molar-refractivity contribution in [3.63, 3.8) is 0 Å². The van der Waals surface area contributed by atoms with E-state index in [4.69, 9.17) is 0 Å². The average Bonchev–Trinajstić information content (AvgIpc) is 2.65. The summed E-state index contributed by atoms with van der Waals surface area (Å²) >= 11 is 4.29. The molecule has 0 aliphatic heterocycles. The number of rotatable bonds is 9. The largest absolute Gasteiger partial charge is 0.378 e. The maximum absolute atomic E-state index is 12.0. The summed E-state index contributed by atoms with van der Waals surface area (Å²) in [5.74, 6) is -0.0971. The number of nitrogens with zero attached hydrogens (tertiary/aromatic N) is 1. The summed E-state index contributed by atoms with van der Waals surface area (Å²) in [5.41, 5.74) is 2.49. The monoisotopic (exact) mass is 385 g/mol. The Morgan fingerprint density at radius 1 is 0.963 bits per heavy atom. The van der Waals surface area contributed by atoms with Gasteiger partial charge < -0.3 is 15.5 Å². The number of unbranched alkanes of at least 4 members (excludes halogenated alkanes) is 2. The second-order valence-corrected chi connectivity index (χ2v) is 7.05. The van der Waals surface area contributed by atoms with Gasteiger partial charge in [0.15, 0.2) is 0 Å². The fourth-order valence-corrected chi connectivity index (χ4v) is 2.88. The smallest absolute Gasteiger partial charge is 0.252 e. The van der Waals surface area contributed by atoms with Gasteiger partial charge in [0.1, 0.15) is 0 Å². The van der Waals surface area contributed by atoms with Crippen LogP contribution in [-0.4, -0.2) is 32.5 Å². The second-order valence-electron chi connectivity index (χ2n) is 6.57. The molecule has 0 fully saturated rings. The Balaban J connectivity index is 1.60. The van der Waals surface area contributed by atoms with E-state index in [0.29, 0.717) is 23.4 Å². The zero-order chi connectivity index (χ0) is 19.6. The first-order valence-corrected chi connectivity index (χ1v) is 9.55. The number of hydrogen-bond donors (Lipinski definition) is 3. The normalized spacial score (nSPS) is 10.3. The first-order chi connectivity index (χ1) is 13.0. The Morgan fingerprint density at radius 2 is 1.67 bits per heavy atom. The minimum Gasteiger partial charge on any atom is -0.378 e. The summed E-state index contributed by atoms with van der Waals surface area (Å²) in [5, 5.41) is 5.80. The summed E-state index contributed by atoms with van der Waals surface area (Å²) in [7, 11) is 3.96. The van der Waals surface area contributed by atoms with E-state index in [9.17, 15) is 9.59 Å². The molecule has 0 bridgehead atoms. The van der Waals surface area contributed by atoms with Gasteiger partial charge >= 0.3 is 0 Å². The van der Waals surface area contributed by atoms with Crippen LogP contribution in [0.1, 0.15) is 36.0 Å². The fourth-order valence-electron chi connectivity index (χ4n) is 2.62. The predicted molar refractivity (Wildman–Crippen MR) is 114 cm³/mol. The quantitative estimate of drug-likeness (QED) is 0.452. The maximum Gasteiger partial charge on any atom is 0.252 e. The standard InChI is InChI=1S/C21H27N3O2S/c1-24(2)17-13-11-16(12-14-17)23-20(25)10-4-3-7-15-22-21(26)18-8-5-6-9-19(18)27/h5-6,8-9,11-14,27H,3-4,7,10,15H2,1-2H3,(H,22,26)(H,23,25). The lowest BCUT2D eigenvalue weighted by Gasteiger charge is -2.13. The van der Waals surface area contributed by atoms with Crippen LogP contribution in [0.5, 0.6) is 0 Å². The molecular formula is C21H27N3O2S. The molecule has 2 aromatic rings. The zero-order valence-electron chi connectivity index (χ0n) is 15.9. The molecule has 0 aliphatic rings. The van der Waals surface area contributed by atoms with Crippen molar-refractivity contribution in [3.05, 3.63) is 54.1 Å². The molecule has 5 nitrogen and oxygen atoms in total. The predicted octanol–water partition coefficient (Wildman–Crippen LogP) is 3.97. The van der Waals surface area contributed by atoms with Gasteiger partial charge in [-0.3, -0.25) is 9.59 Å². The van der Waals surface area contributed by atoms with Crippen molar-refractivity contribution in [1.29, 1.82) is 0 Å². The molecule has 0 saturated carbocycles. The molecule has 2 rings (SSSR count). The van der Waals surface area contributed by atoms with Gasteiger partial charge in [0.05, 0.1) is 5.56 Å². The van der Waals surface area contributed by atoms with Gasteiger partial charge in [-0.1, -0.05) is 18.6 Å². The topological polar surface area (TPSA) is 61.4 Å². The third kappa shape index (κ3) is 6.98. The van der Waals surface area contributed by atoms with Crippen LogP contribution in [-0.2, 0) is 4.79 Å². The van der Waals surface area contributed by atoms with E-state index in [1.54, 1.807) is 12.1 Å². The first-order valence-electron chi connectivity index (χ1n) is 9.11. The number of thiol groups is 1. The fraction of sp³-hybridized carbons (Fsp3) is 0.333. The SMILES string of the molecule is CN(C)c1ccc(NC(=O)CCCCCNC(=O)c2ccccc2S)cc1. The molecule has 6 heteroatoms. The third-order valence-corrected chi connectivity index (χ3v) is 4.57. The summed E-state index contributed by atoms with van der Waals surface area (Å²) in [6, 6.07) is 15.0. The number of amides is 2. The van der Waals surface area contributed by atoms with E-state index < -0.39 is 0 Å². The van der Waals surface area contributed by atoms with Crippen LogP contribution in [0.4, 0.5) is 11.4 Å². The lowest BCUT2D eigenvalue weighted by Crippen LogP contribution is -2.24. The third-order valence-electron chi connectivity index (χ3n) is 4.18. The van der Waals surface area contributed by atoms with Gasteiger partial charge in [-0.25, -0.2) is 0 Å². The molecule has 2 amide bonds. The Bertz CT molecular complexity index is 760. The van der Waals surface area contributed by atoms with Crippen molar-refractivity contribution in [3.8, 4) is 0 Å². The highest BCUT2D eigenvalue weighted by Gasteiger charge is 2.08. The van der Waals surface area contributed by atoms with Crippen LogP contribution < -0.4 is 15.5 Å². The number of hydrogen-bond acceptors (Lipinski definition) is 4. The number of anilines is 2. The maximum atomic E-state index is 12.0. The Morgan fingerprint density at radius 3 is 2.33 bits per heavy atom. The molecule has 0 spiro atoms. The molecule has 144 valence electrons. The summed E-state index contributed by atoms with van der Waals surface area (Å²) in [6.07, 6.45) is 2.99. The van der Waals surface area contributed by atoms with E-state index >= 15 is 0 Å². The molecular weight excluding hydrogens is 358 g/mol. The van der Waals surface area contributed by atoms with Crippen molar-refractivity contribution in [2.24, 2.45) is 0 Å². The van der Waals surface area contributed by atoms with Crippen molar-refractivity contribution < 1.29 is 9.59 Å². The van der Waals surface area contributed by atoms with E-state index in [0.717, 1.165) is 30.6 Å². The van der Waals surface area contributed by atoms with Crippen molar-refractivity contribution in [2.45, 2.75) is 30.6 Å². The van der Waals surface area contributed by atoms with Gasteiger partial charge in [0.25, 0.3) is 5.91 Å². The minimum atomic E-state index is -0.112. The minimum absolute atomic E-state index is 0.0145. The molecule has 0 aliphatic carbocycles. The molecule has 0 unspecified atom stereocenters. The number of carbonyl (C=O) groups excluding carboxylic acids is 2. The molecule has 0 aromatic heterocycles.